The molecule has 0 bridgehead atoms. The molecule has 0 aliphatic carbocycles. The van der Waals surface area contributed by atoms with E-state index < -0.39 is 29.8 Å². The highest BCUT2D eigenvalue weighted by Gasteiger charge is 2.44. The maximum absolute atomic E-state index is 12.8. The molecule has 1 aliphatic rings. The summed E-state index contributed by atoms with van der Waals surface area (Å²) in [5, 5.41) is 10.4. The molecule has 0 fully saturated rings. The number of hydrogen-bond donors (Lipinski definition) is 1. The second-order valence-electron chi connectivity index (χ2n) is 6.57. The van der Waals surface area contributed by atoms with Gasteiger partial charge in [-0.05, 0) is 36.8 Å². The number of carbonyl (C=O) groups is 2. The van der Waals surface area contributed by atoms with Crippen molar-refractivity contribution in [1.29, 1.82) is 0 Å². The summed E-state index contributed by atoms with van der Waals surface area (Å²) in [7, 11) is 0. The van der Waals surface area contributed by atoms with Gasteiger partial charge in [-0.1, -0.05) is 36.8 Å². The number of aryl methyl sites for hydroxylation is 1. The Labute approximate surface area is 165 Å². The number of anilines is 1. The standard InChI is InChI=1S/C21H18F3NO4/c1-3-16(26)17-18(13-6-4-5-12(2)11-13)25(20(28)19(17)27)14-7-9-15(10-8-14)29-21(22,23)24/h4-11,18,27H,3H2,1-2H3. The Morgan fingerprint density at radius 3 is 2.38 bits per heavy atom. The quantitative estimate of drug-likeness (QED) is 0.778. The molecule has 29 heavy (non-hydrogen) atoms. The average molecular weight is 405 g/mol. The predicted octanol–water partition coefficient (Wildman–Crippen LogP) is 4.77. The number of aliphatic hydroxyl groups is 1. The number of ketones is 1. The van der Waals surface area contributed by atoms with Gasteiger partial charge in [0.25, 0.3) is 5.91 Å². The predicted molar refractivity (Wildman–Crippen MR) is 99.5 cm³/mol. The van der Waals surface area contributed by atoms with Crippen LogP contribution in [0.15, 0.2) is 59.9 Å². The number of benzene rings is 2. The fourth-order valence-corrected chi connectivity index (χ4v) is 3.31. The van der Waals surface area contributed by atoms with Gasteiger partial charge in [0.15, 0.2) is 11.5 Å². The number of nitrogens with zero attached hydrogens (tertiary/aromatic N) is 1. The third-order valence-corrected chi connectivity index (χ3v) is 4.54. The van der Waals surface area contributed by atoms with Crippen molar-refractivity contribution in [3.63, 3.8) is 0 Å². The molecular formula is C21H18F3NO4. The second kappa shape index (κ2) is 7.62. The number of amides is 1. The van der Waals surface area contributed by atoms with Crippen LogP contribution in [0.1, 0.15) is 30.5 Å². The van der Waals surface area contributed by atoms with Gasteiger partial charge in [-0.15, -0.1) is 13.2 Å². The molecule has 2 aromatic rings. The Bertz CT molecular complexity index is 980. The zero-order valence-electron chi connectivity index (χ0n) is 15.7. The smallest absolute Gasteiger partial charge is 0.503 e. The van der Waals surface area contributed by atoms with E-state index in [1.807, 2.05) is 13.0 Å². The molecule has 2 aromatic carbocycles. The number of rotatable bonds is 5. The van der Waals surface area contributed by atoms with Crippen molar-refractivity contribution >= 4 is 17.4 Å². The number of hydrogen-bond acceptors (Lipinski definition) is 4. The summed E-state index contributed by atoms with van der Waals surface area (Å²) >= 11 is 0. The van der Waals surface area contributed by atoms with E-state index in [0.29, 0.717) is 5.56 Å². The Hall–Kier alpha value is -3.29. The first kappa shape index (κ1) is 20.4. The summed E-state index contributed by atoms with van der Waals surface area (Å²) in [5.41, 5.74) is 1.69. The SMILES string of the molecule is CCC(=O)C1=C(O)C(=O)N(c2ccc(OC(F)(F)F)cc2)C1c1cccc(C)c1. The zero-order chi connectivity index (χ0) is 21.3. The van der Waals surface area contributed by atoms with Crippen molar-refractivity contribution < 1.29 is 32.6 Å². The summed E-state index contributed by atoms with van der Waals surface area (Å²) in [5.74, 6) is -2.28. The molecule has 152 valence electrons. The van der Waals surface area contributed by atoms with E-state index in [2.05, 4.69) is 4.74 Å². The molecule has 0 aromatic heterocycles. The van der Waals surface area contributed by atoms with Crippen molar-refractivity contribution in [2.45, 2.75) is 32.7 Å². The Morgan fingerprint density at radius 2 is 1.83 bits per heavy atom. The van der Waals surface area contributed by atoms with E-state index in [9.17, 15) is 27.9 Å². The molecule has 1 heterocycles. The van der Waals surface area contributed by atoms with Gasteiger partial charge in [0.05, 0.1) is 11.6 Å². The highest BCUT2D eigenvalue weighted by molar-refractivity contribution is 6.16. The van der Waals surface area contributed by atoms with Crippen LogP contribution in [0, 0.1) is 6.92 Å². The minimum absolute atomic E-state index is 0.0290. The molecule has 0 saturated heterocycles. The lowest BCUT2D eigenvalue weighted by Gasteiger charge is -2.27. The zero-order valence-corrected chi connectivity index (χ0v) is 15.7. The lowest BCUT2D eigenvalue weighted by Crippen LogP contribution is -2.31. The topological polar surface area (TPSA) is 66.8 Å². The molecule has 5 nitrogen and oxygen atoms in total. The first-order chi connectivity index (χ1) is 13.6. The summed E-state index contributed by atoms with van der Waals surface area (Å²) in [6, 6.07) is 10.9. The summed E-state index contributed by atoms with van der Waals surface area (Å²) in [6.07, 6.45) is -4.75. The molecule has 1 unspecified atom stereocenters. The van der Waals surface area contributed by atoms with E-state index in [0.717, 1.165) is 17.7 Å². The Kier molecular flexibility index (Phi) is 5.37. The number of halogens is 3. The number of carbonyl (C=O) groups excluding carboxylic acids is 2. The number of alkyl halides is 3. The molecule has 0 radical (unpaired) electrons. The van der Waals surface area contributed by atoms with E-state index in [1.54, 1.807) is 25.1 Å². The van der Waals surface area contributed by atoms with Crippen LogP contribution in [0.25, 0.3) is 0 Å². The van der Waals surface area contributed by atoms with E-state index in [1.165, 1.54) is 17.0 Å². The van der Waals surface area contributed by atoms with E-state index >= 15 is 0 Å². The van der Waals surface area contributed by atoms with Crippen molar-refractivity contribution in [2.75, 3.05) is 4.90 Å². The van der Waals surface area contributed by atoms with Crippen LogP contribution in [-0.2, 0) is 9.59 Å². The molecule has 1 N–H and O–H groups in total. The maximum atomic E-state index is 12.8. The first-order valence-electron chi connectivity index (χ1n) is 8.84. The number of ether oxygens (including phenoxy) is 1. The summed E-state index contributed by atoms with van der Waals surface area (Å²) in [6.45, 7) is 3.46. The van der Waals surface area contributed by atoms with Gasteiger partial charge in [0.2, 0.25) is 0 Å². The molecule has 8 heteroatoms. The Balaban J connectivity index is 2.07. The molecule has 1 atom stereocenters. The highest BCUT2D eigenvalue weighted by atomic mass is 19.4. The van der Waals surface area contributed by atoms with Gasteiger partial charge >= 0.3 is 6.36 Å². The summed E-state index contributed by atoms with van der Waals surface area (Å²) in [4.78, 5) is 26.5. The minimum atomic E-state index is -4.84. The van der Waals surface area contributed by atoms with Crippen LogP contribution >= 0.6 is 0 Å². The second-order valence-corrected chi connectivity index (χ2v) is 6.57. The van der Waals surface area contributed by atoms with Gasteiger partial charge < -0.3 is 9.84 Å². The molecule has 0 saturated carbocycles. The molecule has 1 aliphatic heterocycles. The van der Waals surface area contributed by atoms with Crippen LogP contribution in [0.4, 0.5) is 18.9 Å². The largest absolute Gasteiger partial charge is 0.573 e. The summed E-state index contributed by atoms with van der Waals surface area (Å²) < 4.78 is 41.0. The maximum Gasteiger partial charge on any atom is 0.573 e. The van der Waals surface area contributed by atoms with Crippen LogP contribution in [0.2, 0.25) is 0 Å². The minimum Gasteiger partial charge on any atom is -0.503 e. The van der Waals surface area contributed by atoms with Crippen LogP contribution in [-0.4, -0.2) is 23.2 Å². The lowest BCUT2D eigenvalue weighted by molar-refractivity contribution is -0.274. The van der Waals surface area contributed by atoms with E-state index in [-0.39, 0.29) is 23.5 Å². The molecule has 0 spiro atoms. The van der Waals surface area contributed by atoms with E-state index in [4.69, 9.17) is 0 Å². The molecular weight excluding hydrogens is 387 g/mol. The average Bonchev–Trinajstić information content (AvgIpc) is 2.92. The Morgan fingerprint density at radius 1 is 1.17 bits per heavy atom. The van der Waals surface area contributed by atoms with Crippen LogP contribution in [0.5, 0.6) is 5.75 Å². The van der Waals surface area contributed by atoms with Crippen LogP contribution in [0.3, 0.4) is 0 Å². The molecule has 3 rings (SSSR count). The van der Waals surface area contributed by atoms with Gasteiger partial charge in [-0.2, -0.15) is 0 Å². The normalized spacial score (nSPS) is 17.1. The van der Waals surface area contributed by atoms with Crippen molar-refractivity contribution in [2.24, 2.45) is 0 Å². The number of aliphatic hydroxyl groups excluding tert-OH is 1. The monoisotopic (exact) mass is 405 g/mol. The van der Waals surface area contributed by atoms with Crippen molar-refractivity contribution in [3.05, 3.63) is 71.0 Å². The fraction of sp³-hybridized carbons (Fsp3) is 0.238. The lowest BCUT2D eigenvalue weighted by atomic mass is 9.94. The third kappa shape index (κ3) is 4.11. The first-order valence-corrected chi connectivity index (χ1v) is 8.84. The fourth-order valence-electron chi connectivity index (χ4n) is 3.31. The third-order valence-electron chi connectivity index (χ3n) is 4.54. The van der Waals surface area contributed by atoms with Gasteiger partial charge in [-0.3, -0.25) is 14.5 Å². The highest BCUT2D eigenvalue weighted by Crippen LogP contribution is 2.42. The molecule has 1 amide bonds. The van der Waals surface area contributed by atoms with Crippen molar-refractivity contribution in [1.82, 2.24) is 0 Å². The van der Waals surface area contributed by atoms with Gasteiger partial charge in [0.1, 0.15) is 5.75 Å². The van der Waals surface area contributed by atoms with Crippen LogP contribution < -0.4 is 9.64 Å². The van der Waals surface area contributed by atoms with Gasteiger partial charge in [0, 0.05) is 12.1 Å². The van der Waals surface area contributed by atoms with Gasteiger partial charge in [-0.25, -0.2) is 0 Å². The van der Waals surface area contributed by atoms with Crippen molar-refractivity contribution in [3.8, 4) is 5.75 Å². The number of Topliss-reactive ketones (excluding diaryl/α,β-unsaturated/α-hetero) is 1.